The molecule has 0 heterocycles. The van der Waals surface area contributed by atoms with Crippen LogP contribution in [0.2, 0.25) is 0 Å². The Bertz CT molecular complexity index is 364. The second-order valence-corrected chi connectivity index (χ2v) is 5.66. The molecular weight excluding hydrogens is 253 g/mol. The summed E-state index contributed by atoms with van der Waals surface area (Å²) >= 11 is 0. The highest BCUT2D eigenvalue weighted by Crippen LogP contribution is 2.15. The minimum absolute atomic E-state index is 0.0345. The van der Waals surface area contributed by atoms with E-state index < -0.39 is 23.3 Å². The second kappa shape index (κ2) is 6.54. The minimum atomic E-state index is -1.49. The number of nitrogens with one attached hydrogen (secondary N) is 1. The Morgan fingerprint density at radius 2 is 1.74 bits per heavy atom. The van der Waals surface area contributed by atoms with Crippen molar-refractivity contribution in [3.8, 4) is 0 Å². The number of esters is 1. The third-order valence-corrected chi connectivity index (χ3v) is 1.83. The molecule has 0 saturated carbocycles. The van der Waals surface area contributed by atoms with E-state index in [2.05, 4.69) is 10.1 Å². The van der Waals surface area contributed by atoms with Crippen molar-refractivity contribution in [1.82, 2.24) is 5.32 Å². The van der Waals surface area contributed by atoms with Gasteiger partial charge in [0.05, 0.1) is 7.11 Å². The Kier molecular flexibility index (Phi) is 5.99. The first kappa shape index (κ1) is 17.4. The van der Waals surface area contributed by atoms with Crippen LogP contribution in [0.4, 0.5) is 9.18 Å². The largest absolute Gasteiger partial charge is 0.464 e. The fraction of sp³-hybridized carbons (Fsp3) is 0.692. The zero-order valence-electron chi connectivity index (χ0n) is 12.3. The van der Waals surface area contributed by atoms with Crippen molar-refractivity contribution in [1.29, 1.82) is 0 Å². The molecule has 19 heavy (non-hydrogen) atoms. The Balaban J connectivity index is 4.80. The summed E-state index contributed by atoms with van der Waals surface area (Å²) in [6, 6.07) is 0. The highest BCUT2D eigenvalue weighted by Gasteiger charge is 2.21. The highest BCUT2D eigenvalue weighted by atomic mass is 19.1. The average molecular weight is 275 g/mol. The molecule has 0 fully saturated rings. The number of carbonyl (C=O) groups is 2. The van der Waals surface area contributed by atoms with Crippen LogP contribution < -0.4 is 5.32 Å². The van der Waals surface area contributed by atoms with E-state index in [0.717, 1.165) is 0 Å². The summed E-state index contributed by atoms with van der Waals surface area (Å²) in [5.74, 6) is -0.755. The van der Waals surface area contributed by atoms with E-state index >= 15 is 0 Å². The first-order valence-electron chi connectivity index (χ1n) is 5.92. The summed E-state index contributed by atoms with van der Waals surface area (Å²) in [4.78, 5) is 23.0. The van der Waals surface area contributed by atoms with E-state index in [-0.39, 0.29) is 12.1 Å². The van der Waals surface area contributed by atoms with E-state index in [1.165, 1.54) is 27.0 Å². The Morgan fingerprint density at radius 1 is 1.21 bits per heavy atom. The number of alkyl halides is 1. The zero-order valence-corrected chi connectivity index (χ0v) is 12.3. The van der Waals surface area contributed by atoms with Gasteiger partial charge in [-0.05, 0) is 34.6 Å². The van der Waals surface area contributed by atoms with Crippen LogP contribution >= 0.6 is 0 Å². The maximum absolute atomic E-state index is 13.4. The molecule has 0 aliphatic heterocycles. The van der Waals surface area contributed by atoms with E-state index in [1.54, 1.807) is 20.8 Å². The maximum Gasteiger partial charge on any atom is 0.412 e. The molecule has 0 unspecified atom stereocenters. The Labute approximate surface area is 113 Å². The number of hydrogen-bond acceptors (Lipinski definition) is 4. The smallest absolute Gasteiger partial charge is 0.412 e. The quantitative estimate of drug-likeness (QED) is 0.633. The van der Waals surface area contributed by atoms with E-state index in [1.807, 2.05) is 0 Å². The molecule has 0 radical (unpaired) electrons. The molecule has 0 aromatic rings. The third-order valence-electron chi connectivity index (χ3n) is 1.83. The molecule has 1 amide bonds. The van der Waals surface area contributed by atoms with E-state index in [4.69, 9.17) is 4.74 Å². The van der Waals surface area contributed by atoms with Gasteiger partial charge < -0.3 is 9.47 Å². The summed E-state index contributed by atoms with van der Waals surface area (Å²) in [6.07, 6.45) is 0.448. The molecule has 0 bridgehead atoms. The Hall–Kier alpha value is -1.59. The molecule has 0 aromatic heterocycles. The summed E-state index contributed by atoms with van der Waals surface area (Å²) in [7, 11) is 1.17. The average Bonchev–Trinajstić information content (AvgIpc) is 2.19. The molecule has 6 heteroatoms. The fourth-order valence-corrected chi connectivity index (χ4v) is 1.05. The van der Waals surface area contributed by atoms with Gasteiger partial charge >= 0.3 is 12.1 Å². The SMILES string of the molecule is COC(=O)C(=CCC(C)(C)F)NC(=O)OC(C)(C)C. The highest BCUT2D eigenvalue weighted by molar-refractivity contribution is 5.92. The van der Waals surface area contributed by atoms with Gasteiger partial charge in [-0.25, -0.2) is 14.0 Å². The van der Waals surface area contributed by atoms with Crippen molar-refractivity contribution in [3.05, 3.63) is 11.8 Å². The van der Waals surface area contributed by atoms with Crippen LogP contribution in [0.3, 0.4) is 0 Å². The number of allylic oxidation sites excluding steroid dienone is 1. The maximum atomic E-state index is 13.4. The monoisotopic (exact) mass is 275 g/mol. The topological polar surface area (TPSA) is 64.6 Å². The van der Waals surface area contributed by atoms with Gasteiger partial charge in [-0.3, -0.25) is 5.32 Å². The molecule has 0 rings (SSSR count). The van der Waals surface area contributed by atoms with Crippen molar-refractivity contribution in [2.45, 2.75) is 52.3 Å². The van der Waals surface area contributed by atoms with Gasteiger partial charge in [-0.2, -0.15) is 0 Å². The van der Waals surface area contributed by atoms with Gasteiger partial charge in [0, 0.05) is 6.42 Å². The summed E-state index contributed by atoms with van der Waals surface area (Å²) in [5, 5.41) is 2.26. The van der Waals surface area contributed by atoms with Crippen molar-refractivity contribution in [2.24, 2.45) is 0 Å². The number of halogens is 1. The van der Waals surface area contributed by atoms with Gasteiger partial charge in [0.25, 0.3) is 0 Å². The molecular formula is C13H22FNO4. The molecule has 5 nitrogen and oxygen atoms in total. The fourth-order valence-electron chi connectivity index (χ4n) is 1.05. The first-order chi connectivity index (χ1) is 8.44. The number of carbonyl (C=O) groups excluding carboxylic acids is 2. The zero-order chi connectivity index (χ0) is 15.3. The van der Waals surface area contributed by atoms with Gasteiger partial charge in [-0.15, -0.1) is 0 Å². The first-order valence-corrected chi connectivity index (χ1v) is 5.92. The summed E-state index contributed by atoms with van der Waals surface area (Å²) < 4.78 is 22.9. The number of ether oxygens (including phenoxy) is 2. The van der Waals surface area contributed by atoms with Crippen LogP contribution in [-0.2, 0) is 14.3 Å². The predicted octanol–water partition coefficient (Wildman–Crippen LogP) is 2.71. The predicted molar refractivity (Wildman–Crippen MR) is 69.3 cm³/mol. The standard InChI is InChI=1S/C13H22FNO4/c1-12(2,3)19-11(17)15-9(10(16)18-6)7-8-13(4,5)14/h7H,8H2,1-6H3,(H,15,17). The van der Waals surface area contributed by atoms with Gasteiger partial charge in [0.1, 0.15) is 17.0 Å². The van der Waals surface area contributed by atoms with Crippen LogP contribution in [0, 0.1) is 0 Å². The van der Waals surface area contributed by atoms with Crippen molar-refractivity contribution < 1.29 is 23.5 Å². The number of methoxy groups -OCH3 is 1. The molecule has 0 atom stereocenters. The van der Waals surface area contributed by atoms with E-state index in [0.29, 0.717) is 0 Å². The summed E-state index contributed by atoms with van der Waals surface area (Å²) in [5.41, 5.74) is -2.32. The summed E-state index contributed by atoms with van der Waals surface area (Å²) in [6.45, 7) is 7.81. The van der Waals surface area contributed by atoms with Crippen molar-refractivity contribution in [3.63, 3.8) is 0 Å². The molecule has 110 valence electrons. The van der Waals surface area contributed by atoms with Crippen molar-refractivity contribution >= 4 is 12.1 Å². The van der Waals surface area contributed by atoms with Gasteiger partial charge in [0.2, 0.25) is 0 Å². The number of hydrogen-bond donors (Lipinski definition) is 1. The third kappa shape index (κ3) is 9.04. The molecule has 0 aliphatic carbocycles. The van der Waals surface area contributed by atoms with Crippen LogP contribution in [0.5, 0.6) is 0 Å². The molecule has 0 spiro atoms. The normalized spacial score (nSPS) is 12.9. The number of rotatable bonds is 4. The minimum Gasteiger partial charge on any atom is -0.464 e. The van der Waals surface area contributed by atoms with Crippen LogP contribution in [0.25, 0.3) is 0 Å². The van der Waals surface area contributed by atoms with Gasteiger partial charge in [-0.1, -0.05) is 6.08 Å². The van der Waals surface area contributed by atoms with Crippen LogP contribution in [0.1, 0.15) is 41.0 Å². The second-order valence-electron chi connectivity index (χ2n) is 5.66. The molecule has 0 saturated heterocycles. The Morgan fingerprint density at radius 3 is 2.11 bits per heavy atom. The lowest BCUT2D eigenvalue weighted by molar-refractivity contribution is -0.136. The number of amides is 1. The lowest BCUT2D eigenvalue weighted by Crippen LogP contribution is -2.34. The van der Waals surface area contributed by atoms with E-state index in [9.17, 15) is 14.0 Å². The lowest BCUT2D eigenvalue weighted by atomic mass is 10.1. The van der Waals surface area contributed by atoms with Crippen LogP contribution in [0.15, 0.2) is 11.8 Å². The number of alkyl carbamates (subject to hydrolysis) is 1. The lowest BCUT2D eigenvalue weighted by Gasteiger charge is -2.20. The van der Waals surface area contributed by atoms with Crippen LogP contribution in [-0.4, -0.2) is 30.4 Å². The van der Waals surface area contributed by atoms with Gasteiger partial charge in [0.15, 0.2) is 0 Å². The molecule has 0 aliphatic rings. The van der Waals surface area contributed by atoms with Crippen molar-refractivity contribution in [2.75, 3.05) is 7.11 Å². The molecule has 1 N–H and O–H groups in total. The molecule has 0 aromatic carbocycles.